The van der Waals surface area contributed by atoms with Crippen molar-refractivity contribution in [2.45, 2.75) is 43.3 Å². The minimum absolute atomic E-state index is 0.00667. The van der Waals surface area contributed by atoms with E-state index in [1.807, 2.05) is 0 Å². The molecule has 90 valence electrons. The lowest BCUT2D eigenvalue weighted by molar-refractivity contribution is -0.0327. The van der Waals surface area contributed by atoms with Gasteiger partial charge in [-0.3, -0.25) is 0 Å². The Balaban J connectivity index is 2.08. The quantitative estimate of drug-likeness (QED) is 0.742. The Labute approximate surface area is 91.6 Å². The number of rotatable bonds is 4. The lowest BCUT2D eigenvalue weighted by Gasteiger charge is -2.28. The van der Waals surface area contributed by atoms with Gasteiger partial charge in [0.2, 0.25) is 0 Å². The van der Waals surface area contributed by atoms with Crippen molar-refractivity contribution in [3.05, 3.63) is 0 Å². The SMILES string of the molecule is O[C@H]1CCCC[C@@H]1NCCSC(F)(F)F. The zero-order valence-electron chi connectivity index (χ0n) is 8.39. The molecule has 0 amide bonds. The monoisotopic (exact) mass is 243 g/mol. The second-order valence-electron chi connectivity index (χ2n) is 3.71. The Hall–Kier alpha value is 0.0600. The van der Waals surface area contributed by atoms with Crippen molar-refractivity contribution in [1.82, 2.24) is 5.32 Å². The van der Waals surface area contributed by atoms with Crippen LogP contribution >= 0.6 is 11.8 Å². The maximum absolute atomic E-state index is 11.8. The van der Waals surface area contributed by atoms with Crippen LogP contribution in [0, 0.1) is 0 Å². The number of alkyl halides is 3. The number of hydrogen-bond acceptors (Lipinski definition) is 3. The van der Waals surface area contributed by atoms with E-state index >= 15 is 0 Å². The molecule has 6 heteroatoms. The molecule has 2 N–H and O–H groups in total. The minimum Gasteiger partial charge on any atom is -0.392 e. The summed E-state index contributed by atoms with van der Waals surface area (Å²) in [7, 11) is 0. The highest BCUT2D eigenvalue weighted by Crippen LogP contribution is 2.29. The van der Waals surface area contributed by atoms with Gasteiger partial charge in [0.1, 0.15) is 0 Å². The molecule has 15 heavy (non-hydrogen) atoms. The third-order valence-corrected chi connectivity index (χ3v) is 3.24. The van der Waals surface area contributed by atoms with Gasteiger partial charge in [0.15, 0.2) is 0 Å². The summed E-state index contributed by atoms with van der Waals surface area (Å²) < 4.78 is 35.4. The Morgan fingerprint density at radius 3 is 2.53 bits per heavy atom. The maximum Gasteiger partial charge on any atom is 0.441 e. The predicted molar refractivity (Wildman–Crippen MR) is 54.8 cm³/mol. The van der Waals surface area contributed by atoms with Crippen LogP contribution in [0.4, 0.5) is 13.2 Å². The summed E-state index contributed by atoms with van der Waals surface area (Å²) in [6, 6.07) is -0.0208. The average Bonchev–Trinajstić information content (AvgIpc) is 2.13. The highest BCUT2D eigenvalue weighted by Gasteiger charge is 2.28. The van der Waals surface area contributed by atoms with Crippen molar-refractivity contribution in [2.75, 3.05) is 12.3 Å². The highest BCUT2D eigenvalue weighted by atomic mass is 32.2. The normalized spacial score (nSPS) is 28.0. The first kappa shape index (κ1) is 13.1. The van der Waals surface area contributed by atoms with E-state index in [2.05, 4.69) is 5.32 Å². The van der Waals surface area contributed by atoms with Crippen LogP contribution in [0.1, 0.15) is 25.7 Å². The third-order valence-electron chi connectivity index (χ3n) is 2.50. The van der Waals surface area contributed by atoms with Crippen LogP contribution in [-0.2, 0) is 0 Å². The first-order chi connectivity index (χ1) is 6.99. The van der Waals surface area contributed by atoms with Gasteiger partial charge in [0.25, 0.3) is 0 Å². The van der Waals surface area contributed by atoms with E-state index in [1.54, 1.807) is 0 Å². The van der Waals surface area contributed by atoms with Crippen LogP contribution in [0.3, 0.4) is 0 Å². The van der Waals surface area contributed by atoms with Gasteiger partial charge in [0.05, 0.1) is 6.10 Å². The molecule has 1 rings (SSSR count). The molecule has 0 spiro atoms. The van der Waals surface area contributed by atoms with E-state index in [-0.39, 0.29) is 23.6 Å². The molecule has 0 radical (unpaired) electrons. The number of aliphatic hydroxyl groups excluding tert-OH is 1. The fourth-order valence-electron chi connectivity index (χ4n) is 1.76. The van der Waals surface area contributed by atoms with Crippen LogP contribution < -0.4 is 5.32 Å². The van der Waals surface area contributed by atoms with Crippen LogP contribution in [-0.4, -0.2) is 35.1 Å². The van der Waals surface area contributed by atoms with E-state index in [9.17, 15) is 18.3 Å². The molecule has 0 aromatic rings. The standard InChI is InChI=1S/C9H16F3NOS/c10-9(11,12)15-6-5-13-7-3-1-2-4-8(7)14/h7-8,13-14H,1-6H2/t7-,8-/m0/s1. The second kappa shape index (κ2) is 5.96. The number of halogens is 3. The molecule has 1 fully saturated rings. The van der Waals surface area contributed by atoms with Gasteiger partial charge in [-0.1, -0.05) is 12.8 Å². The molecule has 0 bridgehead atoms. The van der Waals surface area contributed by atoms with Crippen molar-refractivity contribution >= 4 is 11.8 Å². The summed E-state index contributed by atoms with van der Waals surface area (Å²) >= 11 is -0.0208. The Bertz CT molecular complexity index is 189. The van der Waals surface area contributed by atoms with E-state index in [0.717, 1.165) is 25.7 Å². The zero-order valence-corrected chi connectivity index (χ0v) is 9.20. The number of nitrogens with one attached hydrogen (secondary N) is 1. The first-order valence-electron chi connectivity index (χ1n) is 5.11. The van der Waals surface area contributed by atoms with Gasteiger partial charge in [-0.25, -0.2) is 0 Å². The fourth-order valence-corrected chi connectivity index (χ4v) is 2.21. The van der Waals surface area contributed by atoms with Gasteiger partial charge in [0, 0.05) is 18.3 Å². The van der Waals surface area contributed by atoms with Gasteiger partial charge in [-0.05, 0) is 24.6 Å². The summed E-state index contributed by atoms with van der Waals surface area (Å²) in [5.74, 6) is 0.00667. The van der Waals surface area contributed by atoms with Crippen molar-refractivity contribution in [2.24, 2.45) is 0 Å². The predicted octanol–water partition coefficient (Wildman–Crippen LogP) is 2.13. The molecule has 2 nitrogen and oxygen atoms in total. The summed E-state index contributed by atoms with van der Waals surface area (Å²) in [5.41, 5.74) is -4.15. The second-order valence-corrected chi connectivity index (χ2v) is 4.87. The summed E-state index contributed by atoms with van der Waals surface area (Å²) in [6.07, 6.45) is 3.27. The van der Waals surface area contributed by atoms with Gasteiger partial charge in [-0.2, -0.15) is 13.2 Å². The van der Waals surface area contributed by atoms with Crippen molar-refractivity contribution in [3.63, 3.8) is 0 Å². The number of thioether (sulfide) groups is 1. The van der Waals surface area contributed by atoms with E-state index in [0.29, 0.717) is 6.54 Å². The number of hydrogen-bond donors (Lipinski definition) is 2. The lowest BCUT2D eigenvalue weighted by Crippen LogP contribution is -2.43. The average molecular weight is 243 g/mol. The molecule has 1 aliphatic rings. The smallest absolute Gasteiger partial charge is 0.392 e. The molecule has 2 atom stereocenters. The maximum atomic E-state index is 11.8. The molecule has 0 saturated heterocycles. The zero-order chi connectivity index (χ0) is 11.3. The van der Waals surface area contributed by atoms with E-state index in [1.165, 1.54) is 0 Å². The Kier molecular flexibility index (Phi) is 5.22. The van der Waals surface area contributed by atoms with Crippen LogP contribution in [0.25, 0.3) is 0 Å². The number of aliphatic hydroxyl groups is 1. The largest absolute Gasteiger partial charge is 0.441 e. The molecule has 0 unspecified atom stereocenters. The third kappa shape index (κ3) is 5.63. The molecular weight excluding hydrogens is 227 g/mol. The fraction of sp³-hybridized carbons (Fsp3) is 1.00. The van der Waals surface area contributed by atoms with E-state index < -0.39 is 11.6 Å². The van der Waals surface area contributed by atoms with Gasteiger partial charge >= 0.3 is 5.51 Å². The molecule has 1 saturated carbocycles. The molecule has 0 aromatic heterocycles. The molecular formula is C9H16F3NOS. The highest BCUT2D eigenvalue weighted by molar-refractivity contribution is 8.00. The molecule has 1 aliphatic carbocycles. The Morgan fingerprint density at radius 2 is 1.93 bits per heavy atom. The topological polar surface area (TPSA) is 32.3 Å². The van der Waals surface area contributed by atoms with Gasteiger partial charge < -0.3 is 10.4 Å². The minimum atomic E-state index is -4.15. The summed E-state index contributed by atoms with van der Waals surface area (Å²) in [4.78, 5) is 0. The van der Waals surface area contributed by atoms with Crippen LogP contribution in [0.15, 0.2) is 0 Å². The van der Waals surface area contributed by atoms with Crippen molar-refractivity contribution in [3.8, 4) is 0 Å². The van der Waals surface area contributed by atoms with Gasteiger partial charge in [-0.15, -0.1) is 0 Å². The summed E-state index contributed by atoms with van der Waals surface area (Å²) in [5, 5.41) is 12.5. The molecule has 0 heterocycles. The molecule has 0 aliphatic heterocycles. The molecule has 0 aromatic carbocycles. The summed E-state index contributed by atoms with van der Waals surface area (Å²) in [6.45, 7) is 0.298. The van der Waals surface area contributed by atoms with Crippen molar-refractivity contribution < 1.29 is 18.3 Å². The van der Waals surface area contributed by atoms with E-state index in [4.69, 9.17) is 0 Å². The Morgan fingerprint density at radius 1 is 1.27 bits per heavy atom. The van der Waals surface area contributed by atoms with Crippen LogP contribution in [0.2, 0.25) is 0 Å². The lowest BCUT2D eigenvalue weighted by atomic mass is 9.93. The van der Waals surface area contributed by atoms with Crippen molar-refractivity contribution in [1.29, 1.82) is 0 Å². The van der Waals surface area contributed by atoms with Crippen LogP contribution in [0.5, 0.6) is 0 Å². The first-order valence-corrected chi connectivity index (χ1v) is 6.10.